The fourth-order valence-corrected chi connectivity index (χ4v) is 3.96. The van der Waals surface area contributed by atoms with Gasteiger partial charge in [0.05, 0.1) is 13.2 Å². The molecule has 3 N–H and O–H groups in total. The van der Waals surface area contributed by atoms with E-state index < -0.39 is 10.0 Å². The van der Waals surface area contributed by atoms with Crippen LogP contribution >= 0.6 is 0 Å². The van der Waals surface area contributed by atoms with E-state index in [0.29, 0.717) is 12.6 Å². The summed E-state index contributed by atoms with van der Waals surface area (Å²) in [4.78, 5) is 10.9. The first-order valence-electron chi connectivity index (χ1n) is 9.71. The normalized spacial score (nSPS) is 16.9. The lowest BCUT2D eigenvalue weighted by atomic mass is 10.1. The average Bonchev–Trinajstić information content (AvgIpc) is 2.71. The van der Waals surface area contributed by atoms with Crippen LogP contribution in [0.5, 0.6) is 0 Å². The fourth-order valence-electron chi connectivity index (χ4n) is 2.97. The first-order valence-corrected chi connectivity index (χ1v) is 11.2. The molecular formula is C18H32N6O3S. The third kappa shape index (κ3) is 7.70. The molecule has 1 aromatic heterocycles. The number of aliphatic imine (C=N–C) groups is 1. The number of pyridine rings is 1. The molecular weight excluding hydrogens is 380 g/mol. The van der Waals surface area contributed by atoms with Gasteiger partial charge >= 0.3 is 0 Å². The van der Waals surface area contributed by atoms with Crippen molar-refractivity contribution in [2.45, 2.75) is 30.7 Å². The molecule has 1 saturated heterocycles. The maximum absolute atomic E-state index is 12.2. The van der Waals surface area contributed by atoms with E-state index in [-0.39, 0.29) is 11.4 Å². The van der Waals surface area contributed by atoms with Crippen LogP contribution in [0.4, 0.5) is 0 Å². The van der Waals surface area contributed by atoms with Crippen molar-refractivity contribution in [3.63, 3.8) is 0 Å². The predicted octanol–water partition coefficient (Wildman–Crippen LogP) is 0.0258. The molecule has 0 amide bonds. The number of nitrogens with one attached hydrogen (secondary N) is 3. The van der Waals surface area contributed by atoms with Crippen molar-refractivity contribution in [3.05, 3.63) is 24.5 Å². The number of guanidine groups is 1. The molecule has 1 fully saturated rings. The van der Waals surface area contributed by atoms with E-state index in [0.717, 1.165) is 51.6 Å². The van der Waals surface area contributed by atoms with E-state index in [1.165, 1.54) is 12.3 Å². The van der Waals surface area contributed by atoms with Crippen LogP contribution in [-0.2, 0) is 14.8 Å². The van der Waals surface area contributed by atoms with Gasteiger partial charge in [0.2, 0.25) is 10.0 Å². The van der Waals surface area contributed by atoms with Gasteiger partial charge in [-0.05, 0) is 31.9 Å². The maximum atomic E-state index is 12.2. The van der Waals surface area contributed by atoms with E-state index >= 15 is 0 Å². The molecule has 0 spiro atoms. The summed E-state index contributed by atoms with van der Waals surface area (Å²) >= 11 is 0. The molecule has 0 bridgehead atoms. The zero-order valence-electron chi connectivity index (χ0n) is 16.7. The van der Waals surface area contributed by atoms with Crippen LogP contribution < -0.4 is 15.4 Å². The number of aromatic nitrogens is 1. The summed E-state index contributed by atoms with van der Waals surface area (Å²) in [5.74, 6) is 0.721. The molecule has 28 heavy (non-hydrogen) atoms. The molecule has 1 aromatic rings. The lowest BCUT2D eigenvalue weighted by molar-refractivity contribution is 0.128. The Bertz CT molecular complexity index is 691. The molecule has 0 aromatic carbocycles. The van der Waals surface area contributed by atoms with Crippen LogP contribution in [0.15, 0.2) is 34.4 Å². The Morgan fingerprint density at radius 1 is 1.39 bits per heavy atom. The van der Waals surface area contributed by atoms with Crippen molar-refractivity contribution in [1.82, 2.24) is 25.2 Å². The molecule has 2 rings (SSSR count). The van der Waals surface area contributed by atoms with Gasteiger partial charge in [0.15, 0.2) is 5.96 Å². The Morgan fingerprint density at radius 2 is 2.18 bits per heavy atom. The van der Waals surface area contributed by atoms with Crippen molar-refractivity contribution in [3.8, 4) is 0 Å². The summed E-state index contributed by atoms with van der Waals surface area (Å²) in [5, 5.41) is 6.68. The molecule has 0 atom stereocenters. The first kappa shape index (κ1) is 22.5. The number of piperidine rings is 1. The molecule has 0 saturated carbocycles. The number of likely N-dealkylation sites (tertiary alicyclic amines) is 1. The molecule has 158 valence electrons. The molecule has 9 nitrogen and oxygen atoms in total. The summed E-state index contributed by atoms with van der Waals surface area (Å²) in [6.07, 6.45) is 4.96. The van der Waals surface area contributed by atoms with Crippen LogP contribution in [0.25, 0.3) is 0 Å². The van der Waals surface area contributed by atoms with Crippen molar-refractivity contribution < 1.29 is 13.2 Å². The summed E-state index contributed by atoms with van der Waals surface area (Å²) in [7, 11) is -1.82. The number of hydrogen-bond acceptors (Lipinski definition) is 6. The smallest absolute Gasteiger partial charge is 0.242 e. The number of hydrogen-bond donors (Lipinski definition) is 3. The van der Waals surface area contributed by atoms with Gasteiger partial charge in [0, 0.05) is 58.3 Å². The first-order chi connectivity index (χ1) is 13.5. The molecule has 1 aliphatic heterocycles. The van der Waals surface area contributed by atoms with Crippen LogP contribution in [-0.4, -0.2) is 83.3 Å². The van der Waals surface area contributed by atoms with Gasteiger partial charge in [-0.3, -0.25) is 9.98 Å². The van der Waals surface area contributed by atoms with E-state index in [2.05, 4.69) is 30.2 Å². The molecule has 0 unspecified atom stereocenters. The number of ether oxygens (including phenoxy) is 1. The highest BCUT2D eigenvalue weighted by atomic mass is 32.2. The average molecular weight is 413 g/mol. The molecule has 1 aliphatic rings. The number of nitrogens with zero attached hydrogens (tertiary/aromatic N) is 3. The minimum Gasteiger partial charge on any atom is -0.383 e. The minimum atomic E-state index is -3.55. The summed E-state index contributed by atoms with van der Waals surface area (Å²) in [6.45, 7) is 7.13. The van der Waals surface area contributed by atoms with Gasteiger partial charge in [-0.1, -0.05) is 0 Å². The Labute approximate surface area is 168 Å². The van der Waals surface area contributed by atoms with Crippen LogP contribution in [0.3, 0.4) is 0 Å². The number of sulfonamides is 1. The van der Waals surface area contributed by atoms with Gasteiger partial charge in [-0.2, -0.15) is 0 Å². The second-order valence-electron chi connectivity index (χ2n) is 6.60. The summed E-state index contributed by atoms with van der Waals surface area (Å²) in [5.41, 5.74) is 0. The highest BCUT2D eigenvalue weighted by Crippen LogP contribution is 2.10. The van der Waals surface area contributed by atoms with Crippen molar-refractivity contribution in [2.24, 2.45) is 4.99 Å². The van der Waals surface area contributed by atoms with Crippen molar-refractivity contribution in [1.29, 1.82) is 0 Å². The quantitative estimate of drug-likeness (QED) is 0.283. The third-order valence-corrected chi connectivity index (χ3v) is 5.95. The Morgan fingerprint density at radius 3 is 2.82 bits per heavy atom. The lowest BCUT2D eigenvalue weighted by Crippen LogP contribution is -2.49. The largest absolute Gasteiger partial charge is 0.383 e. The van der Waals surface area contributed by atoms with Crippen LogP contribution in [0, 0.1) is 0 Å². The minimum absolute atomic E-state index is 0.157. The van der Waals surface area contributed by atoms with E-state index in [1.807, 2.05) is 6.92 Å². The number of methoxy groups -OCH3 is 1. The van der Waals surface area contributed by atoms with Gasteiger partial charge in [0.25, 0.3) is 0 Å². The number of rotatable bonds is 10. The Hall–Kier alpha value is -1.75. The Kier molecular flexibility index (Phi) is 9.62. The Balaban J connectivity index is 1.78. The zero-order valence-corrected chi connectivity index (χ0v) is 17.5. The SMILES string of the molecule is CCNC(=NCCNS(=O)(=O)c1cccnc1)NC1CCN(CCOC)CC1. The topological polar surface area (TPSA) is 108 Å². The highest BCUT2D eigenvalue weighted by molar-refractivity contribution is 7.89. The van der Waals surface area contributed by atoms with Gasteiger partial charge in [-0.15, -0.1) is 0 Å². The standard InChI is InChI=1S/C18H32N6O3S/c1-3-20-18(23-16-6-11-24(12-7-16)13-14-27-2)21-9-10-22-28(25,26)17-5-4-8-19-15-17/h4-5,8,15-16,22H,3,6-7,9-14H2,1-2H3,(H2,20,21,23). The molecule has 0 radical (unpaired) electrons. The lowest BCUT2D eigenvalue weighted by Gasteiger charge is -2.32. The predicted molar refractivity (Wildman–Crippen MR) is 110 cm³/mol. The summed E-state index contributed by atoms with van der Waals surface area (Å²) < 4.78 is 32.1. The van der Waals surface area contributed by atoms with Gasteiger partial charge in [0.1, 0.15) is 4.90 Å². The van der Waals surface area contributed by atoms with Crippen LogP contribution in [0.1, 0.15) is 19.8 Å². The van der Waals surface area contributed by atoms with Crippen LogP contribution in [0.2, 0.25) is 0 Å². The van der Waals surface area contributed by atoms with E-state index in [9.17, 15) is 8.42 Å². The maximum Gasteiger partial charge on any atom is 0.242 e. The van der Waals surface area contributed by atoms with E-state index in [4.69, 9.17) is 4.74 Å². The monoisotopic (exact) mass is 412 g/mol. The van der Waals surface area contributed by atoms with E-state index in [1.54, 1.807) is 19.4 Å². The third-order valence-electron chi connectivity index (χ3n) is 4.50. The van der Waals surface area contributed by atoms with Gasteiger partial charge in [-0.25, -0.2) is 13.1 Å². The zero-order chi connectivity index (χ0) is 20.2. The van der Waals surface area contributed by atoms with Crippen molar-refractivity contribution >= 4 is 16.0 Å². The molecule has 10 heteroatoms. The highest BCUT2D eigenvalue weighted by Gasteiger charge is 2.19. The molecule has 2 heterocycles. The van der Waals surface area contributed by atoms with Gasteiger partial charge < -0.3 is 20.3 Å². The molecule has 0 aliphatic carbocycles. The summed E-state index contributed by atoms with van der Waals surface area (Å²) in [6, 6.07) is 3.48. The van der Waals surface area contributed by atoms with Crippen molar-refractivity contribution in [2.75, 3.05) is 53.0 Å². The second kappa shape index (κ2) is 11.9. The second-order valence-corrected chi connectivity index (χ2v) is 8.37. The fraction of sp³-hybridized carbons (Fsp3) is 0.667.